The van der Waals surface area contributed by atoms with Crippen LogP contribution in [-0.4, -0.2) is 51.5 Å². The number of hydrogen-bond acceptors (Lipinski definition) is 2. The molecule has 1 atom stereocenters. The van der Waals surface area contributed by atoms with Gasteiger partial charge in [0.25, 0.3) is 0 Å². The first-order chi connectivity index (χ1) is 5.81. The van der Waals surface area contributed by atoms with E-state index in [0.29, 0.717) is 0 Å². The van der Waals surface area contributed by atoms with Crippen molar-refractivity contribution in [2.75, 3.05) is 0 Å². The van der Waals surface area contributed by atoms with E-state index in [0.717, 1.165) is 17.3 Å². The Hall–Kier alpha value is 1.36. The van der Waals surface area contributed by atoms with Gasteiger partial charge in [-0.25, -0.2) is 0 Å². The Bertz CT molecular complexity index is 109. The Morgan fingerprint density at radius 3 is 2.83 bits per heavy atom. The molecule has 0 aliphatic carbocycles. The van der Waals surface area contributed by atoms with E-state index < -0.39 is 42.3 Å². The topological polar surface area (TPSA) is 37.3 Å². The molecule has 1 N–H and O–H groups in total. The summed E-state index contributed by atoms with van der Waals surface area (Å²) in [5.41, 5.74) is 0. The molecule has 0 aromatic heterocycles. The summed E-state index contributed by atoms with van der Waals surface area (Å²) in [6, 6.07) is 0. The Labute approximate surface area is 95.3 Å². The second-order valence-electron chi connectivity index (χ2n) is 2.92. The van der Waals surface area contributed by atoms with Gasteiger partial charge in [-0.1, -0.05) is 0 Å². The molecule has 2 nitrogen and oxygen atoms in total. The second-order valence-corrected chi connectivity index (χ2v) is 10.0. The van der Waals surface area contributed by atoms with Crippen LogP contribution in [-0.2, 0) is 3.08 Å². The van der Waals surface area contributed by atoms with Gasteiger partial charge in [-0.3, -0.25) is 0 Å². The van der Waals surface area contributed by atoms with Crippen LogP contribution in [0, 0.1) is 0 Å². The summed E-state index contributed by atoms with van der Waals surface area (Å²) in [6.07, 6.45) is 4.50. The van der Waals surface area contributed by atoms with Crippen LogP contribution in [0.4, 0.5) is 0 Å². The molecule has 0 heterocycles. The molecule has 0 aromatic carbocycles. The summed E-state index contributed by atoms with van der Waals surface area (Å²) in [5.74, 6) is 0. The average Bonchev–Trinajstić information content (AvgIpc) is 2.06. The van der Waals surface area contributed by atoms with Gasteiger partial charge in [-0.2, -0.15) is 0 Å². The van der Waals surface area contributed by atoms with Crippen molar-refractivity contribution in [1.82, 2.24) is 0 Å². The van der Waals surface area contributed by atoms with Gasteiger partial charge < -0.3 is 0 Å². The van der Waals surface area contributed by atoms with Gasteiger partial charge in [0.2, 0.25) is 0 Å². The van der Waals surface area contributed by atoms with Crippen molar-refractivity contribution in [1.29, 1.82) is 0 Å². The van der Waals surface area contributed by atoms with E-state index in [2.05, 4.69) is 6.92 Å². The van der Waals surface area contributed by atoms with Crippen LogP contribution in [0.3, 0.4) is 0 Å². The molecular formula is C8H18O2Sn2. The van der Waals surface area contributed by atoms with Crippen LogP contribution in [0.5, 0.6) is 0 Å². The molecule has 0 spiro atoms. The van der Waals surface area contributed by atoms with Crippen LogP contribution < -0.4 is 0 Å². The quantitative estimate of drug-likeness (QED) is 0.505. The van der Waals surface area contributed by atoms with Crippen LogP contribution >= 0.6 is 0 Å². The van der Waals surface area contributed by atoms with Crippen LogP contribution in [0.2, 0.25) is 8.87 Å². The van der Waals surface area contributed by atoms with Crippen molar-refractivity contribution in [3.05, 3.63) is 0 Å². The summed E-state index contributed by atoms with van der Waals surface area (Å²) in [5, 5.41) is 9.50. The van der Waals surface area contributed by atoms with Gasteiger partial charge in [0.1, 0.15) is 0 Å². The molecule has 0 rings (SSSR count). The van der Waals surface area contributed by atoms with E-state index in [-0.39, 0.29) is 4.12 Å². The molecule has 0 saturated heterocycles. The van der Waals surface area contributed by atoms with Gasteiger partial charge in [0.15, 0.2) is 0 Å². The Kier molecular flexibility index (Phi) is 11.6. The monoisotopic (exact) mass is 386 g/mol. The first-order valence-corrected chi connectivity index (χ1v) is 12.0. The van der Waals surface area contributed by atoms with E-state index >= 15 is 0 Å². The third-order valence-corrected chi connectivity index (χ3v) is 7.55. The standard InChI is InChI=1S/C4H8O.C4H9.O.2Sn.H/c1-2-3-4-5;1-3-4-2;;;;/h4-5H,1-3H2;1,3-4H2,2H3;;;;. The predicted octanol–water partition coefficient (Wildman–Crippen LogP) is 1.21. The Morgan fingerprint density at radius 1 is 1.50 bits per heavy atom. The number of hydrogen-bond donors (Lipinski definition) is 1. The molecule has 4 heteroatoms. The molecule has 1 unspecified atom stereocenters. The van der Waals surface area contributed by atoms with E-state index in [1.54, 1.807) is 0 Å². The number of unbranched alkanes of at least 4 members (excludes halogenated alkanes) is 1. The SMILES string of the molecule is CCC[CH2][Sn][CH](O)CC[CH2][SnH]=[O]. The van der Waals surface area contributed by atoms with Gasteiger partial charge >= 0.3 is 96.1 Å². The van der Waals surface area contributed by atoms with E-state index in [4.69, 9.17) is 0 Å². The van der Waals surface area contributed by atoms with Gasteiger partial charge in [0.05, 0.1) is 0 Å². The molecule has 0 bridgehead atoms. The molecular weight excluding hydrogens is 366 g/mol. The maximum atomic E-state index is 10.3. The molecule has 0 aliphatic heterocycles. The van der Waals surface area contributed by atoms with Crippen molar-refractivity contribution in [3.8, 4) is 0 Å². The normalized spacial score (nSPS) is 12.8. The second kappa shape index (κ2) is 10.4. The molecule has 0 aromatic rings. The summed E-state index contributed by atoms with van der Waals surface area (Å²) < 4.78 is 12.6. The van der Waals surface area contributed by atoms with Crippen LogP contribution in [0.1, 0.15) is 32.6 Å². The minimum atomic E-state index is -1.37. The molecule has 12 heavy (non-hydrogen) atoms. The van der Waals surface area contributed by atoms with Crippen molar-refractivity contribution >= 4 is 42.3 Å². The molecule has 0 aliphatic rings. The van der Waals surface area contributed by atoms with Crippen LogP contribution in [0.25, 0.3) is 0 Å². The van der Waals surface area contributed by atoms with Crippen molar-refractivity contribution < 1.29 is 8.18 Å². The fourth-order valence-electron chi connectivity index (χ4n) is 0.942. The third-order valence-electron chi connectivity index (χ3n) is 1.71. The maximum absolute atomic E-state index is 10.3. The van der Waals surface area contributed by atoms with Crippen molar-refractivity contribution in [3.63, 3.8) is 0 Å². The van der Waals surface area contributed by atoms with Gasteiger partial charge in [-0.15, -0.1) is 0 Å². The summed E-state index contributed by atoms with van der Waals surface area (Å²) in [4.78, 5) is 0. The minimum absolute atomic E-state index is 0.0366. The fraction of sp³-hybridized carbons (Fsp3) is 1.00. The summed E-state index contributed by atoms with van der Waals surface area (Å²) >= 11 is -1.86. The third kappa shape index (κ3) is 9.45. The van der Waals surface area contributed by atoms with E-state index in [1.165, 1.54) is 17.3 Å². The first-order valence-electron chi connectivity index (χ1n) is 4.66. The van der Waals surface area contributed by atoms with E-state index in [9.17, 15) is 8.18 Å². The Morgan fingerprint density at radius 2 is 2.25 bits per heavy atom. The van der Waals surface area contributed by atoms with Gasteiger partial charge in [-0.05, 0) is 0 Å². The number of aliphatic hydroxyl groups excluding tert-OH is 1. The number of rotatable bonds is 8. The summed E-state index contributed by atoms with van der Waals surface area (Å²) in [7, 11) is 0. The zero-order chi connectivity index (χ0) is 9.23. The fourth-order valence-corrected chi connectivity index (χ4v) is 5.80. The molecule has 0 fully saturated rings. The molecule has 70 valence electrons. The van der Waals surface area contributed by atoms with Gasteiger partial charge in [0, 0.05) is 0 Å². The zero-order valence-corrected chi connectivity index (χ0v) is 13.9. The van der Waals surface area contributed by atoms with E-state index in [1.807, 2.05) is 0 Å². The zero-order valence-electron chi connectivity index (χ0n) is 7.75. The average molecular weight is 384 g/mol. The predicted molar refractivity (Wildman–Crippen MR) is 53.4 cm³/mol. The number of aliphatic hydroxyl groups is 1. The summed E-state index contributed by atoms with van der Waals surface area (Å²) in [6.45, 7) is 2.19. The van der Waals surface area contributed by atoms with Crippen LogP contribution in [0.15, 0.2) is 0 Å². The first kappa shape index (κ1) is 13.4. The molecule has 0 saturated carbocycles. The van der Waals surface area contributed by atoms with Crippen molar-refractivity contribution in [2.24, 2.45) is 0 Å². The Balaban J connectivity index is 3.09. The molecule has 0 amide bonds. The molecule has 2 radical (unpaired) electrons. The van der Waals surface area contributed by atoms with Crippen molar-refractivity contribution in [2.45, 2.75) is 45.6 Å².